The molecule has 1 aromatic carbocycles. The van der Waals surface area contributed by atoms with E-state index in [0.29, 0.717) is 17.9 Å². The van der Waals surface area contributed by atoms with Crippen LogP contribution in [0.15, 0.2) is 48.8 Å². The number of pyridine rings is 1. The van der Waals surface area contributed by atoms with Gasteiger partial charge in [-0.2, -0.15) is 5.10 Å². The van der Waals surface area contributed by atoms with E-state index in [9.17, 15) is 4.79 Å². The number of carbonyl (C=O) groups excluding carboxylic acids is 1. The highest BCUT2D eigenvalue weighted by Crippen LogP contribution is 2.20. The van der Waals surface area contributed by atoms with Crippen molar-refractivity contribution >= 4 is 17.1 Å². The zero-order chi connectivity index (χ0) is 18.6. The molecule has 0 saturated carbocycles. The van der Waals surface area contributed by atoms with Crippen LogP contribution in [0.2, 0.25) is 0 Å². The van der Waals surface area contributed by atoms with Crippen LogP contribution in [0.5, 0.6) is 5.75 Å². The summed E-state index contributed by atoms with van der Waals surface area (Å²) in [6, 6.07) is 11.4. The van der Waals surface area contributed by atoms with E-state index in [-0.39, 0.29) is 5.91 Å². The topological polar surface area (TPSA) is 58.9 Å². The molecule has 1 fully saturated rings. The fourth-order valence-electron chi connectivity index (χ4n) is 3.54. The number of ether oxygens (including phenoxy) is 1. The fourth-order valence-corrected chi connectivity index (χ4v) is 3.54. The molecule has 0 atom stereocenters. The maximum Gasteiger partial charge on any atom is 0.259 e. The third-order valence-corrected chi connectivity index (χ3v) is 4.95. The second-order valence-electron chi connectivity index (χ2n) is 6.92. The Kier molecular flexibility index (Phi) is 5.07. The van der Waals surface area contributed by atoms with Gasteiger partial charge in [-0.15, -0.1) is 0 Å². The molecule has 6 nitrogen and oxygen atoms in total. The van der Waals surface area contributed by atoms with Gasteiger partial charge in [0.1, 0.15) is 12.4 Å². The minimum absolute atomic E-state index is 0.173. The molecule has 1 aliphatic rings. The van der Waals surface area contributed by atoms with Crippen LogP contribution in [0.4, 0.5) is 5.69 Å². The normalized spacial score (nSPS) is 14.6. The van der Waals surface area contributed by atoms with E-state index in [0.717, 1.165) is 23.4 Å². The first-order valence-electron chi connectivity index (χ1n) is 9.40. The zero-order valence-corrected chi connectivity index (χ0v) is 15.5. The van der Waals surface area contributed by atoms with E-state index in [2.05, 4.69) is 15.3 Å². The van der Waals surface area contributed by atoms with Gasteiger partial charge in [-0.3, -0.25) is 9.69 Å². The van der Waals surface area contributed by atoms with Crippen molar-refractivity contribution in [1.29, 1.82) is 0 Å². The first kappa shape index (κ1) is 17.5. The Bertz CT molecular complexity index is 944. The number of amides is 1. The molecule has 3 aromatic rings. The van der Waals surface area contributed by atoms with E-state index in [1.807, 2.05) is 49.5 Å². The average molecular weight is 364 g/mol. The third kappa shape index (κ3) is 3.95. The Morgan fingerprint density at radius 1 is 1.22 bits per heavy atom. The van der Waals surface area contributed by atoms with E-state index >= 15 is 0 Å². The van der Waals surface area contributed by atoms with Gasteiger partial charge in [0.05, 0.1) is 17.3 Å². The van der Waals surface area contributed by atoms with Crippen molar-refractivity contribution in [2.45, 2.75) is 19.8 Å². The number of fused-ring (bicyclic) bond motifs is 1. The predicted octanol–water partition coefficient (Wildman–Crippen LogP) is 3.37. The van der Waals surface area contributed by atoms with Gasteiger partial charge >= 0.3 is 0 Å². The van der Waals surface area contributed by atoms with Gasteiger partial charge < -0.3 is 10.1 Å². The number of benzene rings is 1. The van der Waals surface area contributed by atoms with Crippen molar-refractivity contribution in [1.82, 2.24) is 14.5 Å². The first-order valence-corrected chi connectivity index (χ1v) is 9.40. The quantitative estimate of drug-likeness (QED) is 0.729. The summed E-state index contributed by atoms with van der Waals surface area (Å²) in [4.78, 5) is 15.1. The molecule has 1 N–H and O–H groups in total. The summed E-state index contributed by atoms with van der Waals surface area (Å²) >= 11 is 0. The van der Waals surface area contributed by atoms with Gasteiger partial charge in [-0.25, -0.2) is 4.52 Å². The van der Waals surface area contributed by atoms with Crippen LogP contribution >= 0.6 is 0 Å². The lowest BCUT2D eigenvalue weighted by molar-refractivity contribution is 0.102. The minimum atomic E-state index is -0.173. The van der Waals surface area contributed by atoms with Gasteiger partial charge in [0, 0.05) is 24.5 Å². The molecule has 0 aliphatic carbocycles. The van der Waals surface area contributed by atoms with E-state index in [1.165, 1.54) is 25.9 Å². The lowest BCUT2D eigenvalue weighted by Crippen LogP contribution is -2.25. The fraction of sp³-hybridized carbons (Fsp3) is 0.333. The largest absolute Gasteiger partial charge is 0.492 e. The number of hydrogen-bond donors (Lipinski definition) is 1. The standard InChI is InChI=1S/C21H24N4O2/c1-16-6-5-11-25-20(16)19(15-22-25)21(26)23-17-7-4-8-18(14-17)27-13-12-24-9-2-3-10-24/h4-8,11,14-15H,2-3,9-10,12-13H2,1H3,(H,23,26). The molecular formula is C21H24N4O2. The number of rotatable bonds is 6. The van der Waals surface area contributed by atoms with Crippen LogP contribution in [-0.2, 0) is 0 Å². The molecule has 140 valence electrons. The van der Waals surface area contributed by atoms with Gasteiger partial charge in [0.2, 0.25) is 0 Å². The van der Waals surface area contributed by atoms with E-state index in [1.54, 1.807) is 10.7 Å². The van der Waals surface area contributed by atoms with Crippen LogP contribution in [0, 0.1) is 6.92 Å². The van der Waals surface area contributed by atoms with Gasteiger partial charge in [-0.05, 0) is 56.6 Å². The monoisotopic (exact) mass is 364 g/mol. The van der Waals surface area contributed by atoms with Gasteiger partial charge in [0.25, 0.3) is 5.91 Å². The Morgan fingerprint density at radius 3 is 2.93 bits per heavy atom. The van der Waals surface area contributed by atoms with Crippen molar-refractivity contribution in [2.24, 2.45) is 0 Å². The van der Waals surface area contributed by atoms with Crippen molar-refractivity contribution in [3.63, 3.8) is 0 Å². The summed E-state index contributed by atoms with van der Waals surface area (Å²) in [6.07, 6.45) is 6.01. The van der Waals surface area contributed by atoms with Crippen molar-refractivity contribution in [3.8, 4) is 5.75 Å². The highest BCUT2D eigenvalue weighted by molar-refractivity contribution is 6.09. The third-order valence-electron chi connectivity index (χ3n) is 4.95. The van der Waals surface area contributed by atoms with Gasteiger partial charge in [-0.1, -0.05) is 12.1 Å². The molecule has 4 rings (SSSR count). The molecule has 0 radical (unpaired) electrons. The highest BCUT2D eigenvalue weighted by atomic mass is 16.5. The summed E-state index contributed by atoms with van der Waals surface area (Å²) in [7, 11) is 0. The summed E-state index contributed by atoms with van der Waals surface area (Å²) in [5, 5.41) is 7.22. The molecule has 27 heavy (non-hydrogen) atoms. The van der Waals surface area contributed by atoms with Crippen LogP contribution in [0.25, 0.3) is 5.52 Å². The zero-order valence-electron chi connectivity index (χ0n) is 15.5. The van der Waals surface area contributed by atoms with Crippen LogP contribution in [0.3, 0.4) is 0 Å². The molecule has 1 aliphatic heterocycles. The molecule has 1 amide bonds. The number of likely N-dealkylation sites (tertiary alicyclic amines) is 1. The number of aromatic nitrogens is 2. The molecule has 0 bridgehead atoms. The summed E-state index contributed by atoms with van der Waals surface area (Å²) < 4.78 is 7.59. The average Bonchev–Trinajstić information content (AvgIpc) is 3.32. The molecule has 0 unspecified atom stereocenters. The molecule has 0 spiro atoms. The highest BCUT2D eigenvalue weighted by Gasteiger charge is 2.15. The summed E-state index contributed by atoms with van der Waals surface area (Å²) in [5.74, 6) is 0.594. The number of nitrogens with one attached hydrogen (secondary N) is 1. The summed E-state index contributed by atoms with van der Waals surface area (Å²) in [6.45, 7) is 5.91. The minimum Gasteiger partial charge on any atom is -0.492 e. The predicted molar refractivity (Wildman–Crippen MR) is 105 cm³/mol. The lowest BCUT2D eigenvalue weighted by atomic mass is 10.1. The second kappa shape index (κ2) is 7.80. The van der Waals surface area contributed by atoms with Gasteiger partial charge in [0.15, 0.2) is 0 Å². The molecule has 2 aromatic heterocycles. The Morgan fingerprint density at radius 2 is 2.07 bits per heavy atom. The van der Waals surface area contributed by atoms with E-state index in [4.69, 9.17) is 4.74 Å². The number of aryl methyl sites for hydroxylation is 1. The molecule has 3 heterocycles. The second-order valence-corrected chi connectivity index (χ2v) is 6.92. The molecule has 6 heteroatoms. The SMILES string of the molecule is Cc1cccn2ncc(C(=O)Nc3cccc(OCCN4CCCC4)c3)c12. The Hall–Kier alpha value is -2.86. The Labute approximate surface area is 158 Å². The van der Waals surface area contributed by atoms with Crippen molar-refractivity contribution < 1.29 is 9.53 Å². The van der Waals surface area contributed by atoms with Crippen LogP contribution in [-0.4, -0.2) is 46.7 Å². The van der Waals surface area contributed by atoms with Crippen LogP contribution < -0.4 is 10.1 Å². The molecular weight excluding hydrogens is 340 g/mol. The first-order chi connectivity index (χ1) is 13.2. The maximum atomic E-state index is 12.7. The number of carbonyl (C=O) groups is 1. The number of anilines is 1. The van der Waals surface area contributed by atoms with Crippen molar-refractivity contribution in [3.05, 3.63) is 59.9 Å². The molecule has 1 saturated heterocycles. The van der Waals surface area contributed by atoms with Crippen molar-refractivity contribution in [2.75, 3.05) is 31.6 Å². The number of hydrogen-bond acceptors (Lipinski definition) is 4. The summed E-state index contributed by atoms with van der Waals surface area (Å²) in [5.41, 5.74) is 3.12. The smallest absolute Gasteiger partial charge is 0.259 e. The number of nitrogens with zero attached hydrogens (tertiary/aromatic N) is 3. The maximum absolute atomic E-state index is 12.7. The lowest BCUT2D eigenvalue weighted by Gasteiger charge is -2.15. The Balaban J connectivity index is 1.42. The van der Waals surface area contributed by atoms with Crippen LogP contribution in [0.1, 0.15) is 28.8 Å². The van der Waals surface area contributed by atoms with E-state index < -0.39 is 0 Å².